The van der Waals surface area contributed by atoms with Gasteiger partial charge in [0.15, 0.2) is 0 Å². The number of nitrogens with one attached hydrogen (secondary N) is 1. The summed E-state index contributed by atoms with van der Waals surface area (Å²) in [7, 11) is 0. The third-order valence-corrected chi connectivity index (χ3v) is 5.14. The van der Waals surface area contributed by atoms with E-state index in [9.17, 15) is 9.59 Å². The number of ether oxygens (including phenoxy) is 1. The molecule has 2 unspecified atom stereocenters. The van der Waals surface area contributed by atoms with E-state index in [-0.39, 0.29) is 23.8 Å². The highest BCUT2D eigenvalue weighted by atomic mass is 16.5. The second kappa shape index (κ2) is 7.13. The van der Waals surface area contributed by atoms with Gasteiger partial charge in [0.2, 0.25) is 5.91 Å². The zero-order chi connectivity index (χ0) is 16.2. The number of para-hydroxylation sites is 1. The number of benzene rings is 1. The maximum atomic E-state index is 12.4. The zero-order valence-electron chi connectivity index (χ0n) is 13.2. The Hall–Kier alpha value is -1.88. The van der Waals surface area contributed by atoms with Crippen LogP contribution in [-0.4, -0.2) is 31.4 Å². The molecule has 3 N–H and O–H groups in total. The molecule has 5 nitrogen and oxygen atoms in total. The lowest BCUT2D eigenvalue weighted by Gasteiger charge is -2.30. The molecule has 1 aromatic rings. The Morgan fingerprint density at radius 3 is 2.78 bits per heavy atom. The lowest BCUT2D eigenvalue weighted by atomic mass is 9.79. The van der Waals surface area contributed by atoms with Crippen LogP contribution in [0.3, 0.4) is 0 Å². The van der Waals surface area contributed by atoms with Crippen molar-refractivity contribution in [3.8, 4) is 5.75 Å². The van der Waals surface area contributed by atoms with Gasteiger partial charge in [0.1, 0.15) is 24.6 Å². The third kappa shape index (κ3) is 3.55. The summed E-state index contributed by atoms with van der Waals surface area (Å²) in [5.74, 6) is 1.11. The van der Waals surface area contributed by atoms with Gasteiger partial charge in [0.25, 0.3) is 0 Å². The Balaban J connectivity index is 1.49. The predicted octanol–water partition coefficient (Wildman–Crippen LogP) is 1.61. The highest BCUT2D eigenvalue weighted by molar-refractivity contribution is 5.85. The molecule has 0 spiro atoms. The Morgan fingerprint density at radius 1 is 1.30 bits per heavy atom. The third-order valence-electron chi connectivity index (χ3n) is 5.14. The molecule has 1 aliphatic heterocycles. The minimum absolute atomic E-state index is 0.0213. The van der Waals surface area contributed by atoms with Gasteiger partial charge in [0.05, 0.1) is 0 Å². The van der Waals surface area contributed by atoms with Crippen molar-refractivity contribution in [3.05, 3.63) is 29.8 Å². The van der Waals surface area contributed by atoms with Crippen LogP contribution in [0.2, 0.25) is 0 Å². The quantitative estimate of drug-likeness (QED) is 0.809. The Kier molecular flexibility index (Phi) is 4.96. The number of amides is 1. The first kappa shape index (κ1) is 16.0. The number of carbonyl (C=O) groups is 2. The second-order valence-corrected chi connectivity index (χ2v) is 6.62. The molecule has 0 radical (unpaired) electrons. The van der Waals surface area contributed by atoms with Crippen molar-refractivity contribution in [1.82, 2.24) is 5.32 Å². The number of rotatable bonds is 5. The molecule has 23 heavy (non-hydrogen) atoms. The lowest BCUT2D eigenvalue weighted by molar-refractivity contribution is -0.122. The van der Waals surface area contributed by atoms with Crippen molar-refractivity contribution in [2.24, 2.45) is 17.6 Å². The summed E-state index contributed by atoms with van der Waals surface area (Å²) in [5, 5.41) is 2.97. The van der Waals surface area contributed by atoms with Crippen LogP contribution in [0.4, 0.5) is 0 Å². The van der Waals surface area contributed by atoms with Gasteiger partial charge in [0, 0.05) is 24.1 Å². The van der Waals surface area contributed by atoms with Gasteiger partial charge in [-0.2, -0.15) is 0 Å². The van der Waals surface area contributed by atoms with E-state index in [0.29, 0.717) is 19.1 Å². The summed E-state index contributed by atoms with van der Waals surface area (Å²) in [6.07, 6.45) is 4.83. The molecule has 2 aliphatic rings. The minimum atomic E-state index is -0.246. The van der Waals surface area contributed by atoms with E-state index in [1.807, 2.05) is 24.3 Å². The van der Waals surface area contributed by atoms with Gasteiger partial charge >= 0.3 is 0 Å². The van der Waals surface area contributed by atoms with Gasteiger partial charge < -0.3 is 20.6 Å². The summed E-state index contributed by atoms with van der Waals surface area (Å²) in [4.78, 5) is 23.2. The van der Waals surface area contributed by atoms with Crippen molar-refractivity contribution < 1.29 is 14.3 Å². The molecule has 1 aromatic carbocycles. The monoisotopic (exact) mass is 316 g/mol. The zero-order valence-corrected chi connectivity index (χ0v) is 13.2. The number of aldehydes is 1. The molecule has 1 saturated carbocycles. The molecule has 0 bridgehead atoms. The van der Waals surface area contributed by atoms with Crippen molar-refractivity contribution in [2.45, 2.75) is 37.6 Å². The van der Waals surface area contributed by atoms with Gasteiger partial charge in [-0.05, 0) is 37.7 Å². The fourth-order valence-corrected chi connectivity index (χ4v) is 3.60. The molecule has 124 valence electrons. The largest absolute Gasteiger partial charge is 0.492 e. The number of hydrogen-bond donors (Lipinski definition) is 2. The van der Waals surface area contributed by atoms with E-state index in [1.54, 1.807) is 0 Å². The molecule has 1 heterocycles. The van der Waals surface area contributed by atoms with Crippen LogP contribution < -0.4 is 15.8 Å². The standard InChI is InChI=1S/C18H24N2O3/c19-16(13-7-5-12(10-21)6-8-13)9-20-18(22)15-11-23-17-4-2-1-3-14(15)17/h1-4,10,12-13,15-16H,5-9,11,19H2,(H,20,22). The van der Waals surface area contributed by atoms with Crippen LogP contribution in [0, 0.1) is 11.8 Å². The number of nitrogens with two attached hydrogens (primary N) is 1. The van der Waals surface area contributed by atoms with Gasteiger partial charge in [-0.25, -0.2) is 0 Å². The summed E-state index contributed by atoms with van der Waals surface area (Å²) in [5.41, 5.74) is 7.19. The van der Waals surface area contributed by atoms with E-state index in [0.717, 1.165) is 43.3 Å². The van der Waals surface area contributed by atoms with Crippen molar-refractivity contribution in [2.75, 3.05) is 13.2 Å². The molecule has 0 saturated heterocycles. The van der Waals surface area contributed by atoms with E-state index >= 15 is 0 Å². The topological polar surface area (TPSA) is 81.4 Å². The molecule has 1 fully saturated rings. The number of hydrogen-bond acceptors (Lipinski definition) is 4. The first-order chi connectivity index (χ1) is 11.2. The van der Waals surface area contributed by atoms with E-state index in [1.165, 1.54) is 0 Å². The summed E-state index contributed by atoms with van der Waals surface area (Å²) < 4.78 is 5.55. The molecule has 3 rings (SSSR count). The molecule has 1 aliphatic carbocycles. The van der Waals surface area contributed by atoms with Crippen molar-refractivity contribution in [3.63, 3.8) is 0 Å². The molecule has 0 aromatic heterocycles. The van der Waals surface area contributed by atoms with Crippen LogP contribution in [0.5, 0.6) is 5.75 Å². The van der Waals surface area contributed by atoms with E-state index < -0.39 is 0 Å². The van der Waals surface area contributed by atoms with Gasteiger partial charge in [-0.3, -0.25) is 4.79 Å². The molecule has 2 atom stereocenters. The van der Waals surface area contributed by atoms with Gasteiger partial charge in [-0.1, -0.05) is 18.2 Å². The van der Waals surface area contributed by atoms with Gasteiger partial charge in [-0.15, -0.1) is 0 Å². The molecular weight excluding hydrogens is 292 g/mol. The van der Waals surface area contributed by atoms with E-state index in [2.05, 4.69) is 5.32 Å². The maximum Gasteiger partial charge on any atom is 0.231 e. The van der Waals surface area contributed by atoms with Crippen LogP contribution in [0.1, 0.15) is 37.2 Å². The van der Waals surface area contributed by atoms with Crippen LogP contribution in [0.15, 0.2) is 24.3 Å². The minimum Gasteiger partial charge on any atom is -0.492 e. The normalized spacial score (nSPS) is 27.6. The Bertz CT molecular complexity index is 567. The predicted molar refractivity (Wildman–Crippen MR) is 87.2 cm³/mol. The van der Waals surface area contributed by atoms with Crippen LogP contribution in [-0.2, 0) is 9.59 Å². The molecule has 1 amide bonds. The van der Waals surface area contributed by atoms with Crippen LogP contribution >= 0.6 is 0 Å². The molecule has 5 heteroatoms. The van der Waals surface area contributed by atoms with Crippen molar-refractivity contribution in [1.29, 1.82) is 0 Å². The summed E-state index contributed by atoms with van der Waals surface area (Å²) in [6.45, 7) is 0.874. The molecular formula is C18H24N2O3. The highest BCUT2D eigenvalue weighted by Crippen LogP contribution is 2.33. The maximum absolute atomic E-state index is 12.4. The highest BCUT2D eigenvalue weighted by Gasteiger charge is 2.31. The second-order valence-electron chi connectivity index (χ2n) is 6.62. The first-order valence-electron chi connectivity index (χ1n) is 8.39. The Labute approximate surface area is 136 Å². The number of carbonyl (C=O) groups excluding carboxylic acids is 2. The van der Waals surface area contributed by atoms with E-state index in [4.69, 9.17) is 10.5 Å². The fraction of sp³-hybridized carbons (Fsp3) is 0.556. The Morgan fingerprint density at radius 2 is 2.04 bits per heavy atom. The summed E-state index contributed by atoms with van der Waals surface area (Å²) >= 11 is 0. The average molecular weight is 316 g/mol. The van der Waals surface area contributed by atoms with Crippen molar-refractivity contribution >= 4 is 12.2 Å². The average Bonchev–Trinajstić information content (AvgIpc) is 3.03. The first-order valence-corrected chi connectivity index (χ1v) is 8.39. The summed E-state index contributed by atoms with van der Waals surface area (Å²) in [6, 6.07) is 7.60. The number of fused-ring (bicyclic) bond motifs is 1. The SMILES string of the molecule is NC(CNC(=O)C1COc2ccccc21)C1CCC(C=O)CC1. The lowest BCUT2D eigenvalue weighted by Crippen LogP contribution is -2.44. The fourth-order valence-electron chi connectivity index (χ4n) is 3.60. The smallest absolute Gasteiger partial charge is 0.231 e. The van der Waals surface area contributed by atoms with Crippen LogP contribution in [0.25, 0.3) is 0 Å².